The maximum atomic E-state index is 12.9. The predicted octanol–water partition coefficient (Wildman–Crippen LogP) is 2.90. The number of nitrogens with zero attached hydrogens (tertiary/aromatic N) is 2. The Bertz CT molecular complexity index is 1030. The van der Waals surface area contributed by atoms with Crippen LogP contribution in [-0.4, -0.2) is 68.1 Å². The first-order valence-corrected chi connectivity index (χ1v) is 10.6. The molecule has 3 aromatic rings. The summed E-state index contributed by atoms with van der Waals surface area (Å²) in [6.45, 7) is 3.35. The van der Waals surface area contributed by atoms with Crippen LogP contribution in [0.3, 0.4) is 0 Å². The number of rotatable bonds is 8. The number of aromatic nitrogens is 2. The van der Waals surface area contributed by atoms with Crippen molar-refractivity contribution in [3.05, 3.63) is 65.9 Å². The fourth-order valence-electron chi connectivity index (χ4n) is 3.89. The quantitative estimate of drug-likeness (QED) is 0.565. The summed E-state index contributed by atoms with van der Waals surface area (Å²) >= 11 is 0. The van der Waals surface area contributed by atoms with Gasteiger partial charge in [-0.05, 0) is 23.8 Å². The van der Waals surface area contributed by atoms with Crippen LogP contribution < -0.4 is 14.8 Å². The highest BCUT2D eigenvalue weighted by Gasteiger charge is 2.25. The van der Waals surface area contributed by atoms with Gasteiger partial charge in [0, 0.05) is 25.2 Å². The van der Waals surface area contributed by atoms with E-state index in [1.807, 2.05) is 48.5 Å². The maximum Gasteiger partial charge on any atom is 0.269 e. The van der Waals surface area contributed by atoms with Crippen molar-refractivity contribution in [3.63, 3.8) is 0 Å². The Labute approximate surface area is 187 Å². The van der Waals surface area contributed by atoms with Crippen molar-refractivity contribution in [1.29, 1.82) is 0 Å². The minimum absolute atomic E-state index is 0.0285. The van der Waals surface area contributed by atoms with E-state index in [1.54, 1.807) is 20.3 Å². The molecule has 1 aromatic heterocycles. The first kappa shape index (κ1) is 21.9. The molecule has 1 amide bonds. The molecular weight excluding hydrogens is 408 g/mol. The molecule has 168 valence electrons. The van der Waals surface area contributed by atoms with Crippen molar-refractivity contribution in [2.75, 3.05) is 47.1 Å². The molecule has 1 saturated heterocycles. The minimum atomic E-state index is -0.196. The van der Waals surface area contributed by atoms with Gasteiger partial charge in [-0.25, -0.2) is 0 Å². The Hall–Kier alpha value is -3.36. The number of morpholine rings is 1. The molecule has 1 unspecified atom stereocenters. The standard InChI is InChI=1S/C24H28N4O4/c1-30-22-9-8-18(14-23(22)31-2)21(28-10-12-32-13-11-28)16-25-24(29)20-15-19(26-27-20)17-6-4-3-5-7-17/h3-9,14-15,21H,10-13,16H2,1-2H3,(H,25,29)(H,26,27). The van der Waals surface area contributed by atoms with E-state index in [1.165, 1.54) is 0 Å². The van der Waals surface area contributed by atoms with E-state index in [2.05, 4.69) is 20.4 Å². The van der Waals surface area contributed by atoms with E-state index in [9.17, 15) is 4.79 Å². The maximum absolute atomic E-state index is 12.9. The fraction of sp³-hybridized carbons (Fsp3) is 0.333. The molecule has 2 aromatic carbocycles. The molecule has 0 radical (unpaired) electrons. The molecule has 8 nitrogen and oxygen atoms in total. The molecule has 0 spiro atoms. The second-order valence-electron chi connectivity index (χ2n) is 7.52. The van der Waals surface area contributed by atoms with Gasteiger partial charge in [0.05, 0.1) is 39.2 Å². The van der Waals surface area contributed by atoms with E-state index in [4.69, 9.17) is 14.2 Å². The minimum Gasteiger partial charge on any atom is -0.493 e. The number of hydrogen-bond donors (Lipinski definition) is 2. The van der Waals surface area contributed by atoms with Crippen LogP contribution in [-0.2, 0) is 4.74 Å². The van der Waals surface area contributed by atoms with Crippen LogP contribution in [0.5, 0.6) is 11.5 Å². The Morgan fingerprint density at radius 1 is 1.09 bits per heavy atom. The van der Waals surface area contributed by atoms with E-state index >= 15 is 0 Å². The molecule has 0 bridgehead atoms. The highest BCUT2D eigenvalue weighted by Crippen LogP contribution is 2.32. The Morgan fingerprint density at radius 3 is 2.56 bits per heavy atom. The first-order chi connectivity index (χ1) is 15.7. The number of carbonyl (C=O) groups is 1. The number of ether oxygens (including phenoxy) is 3. The van der Waals surface area contributed by atoms with Gasteiger partial charge in [0.15, 0.2) is 11.5 Å². The third kappa shape index (κ3) is 4.92. The molecular formula is C24H28N4O4. The van der Waals surface area contributed by atoms with Crippen molar-refractivity contribution in [2.24, 2.45) is 0 Å². The van der Waals surface area contributed by atoms with Crippen LogP contribution in [0.25, 0.3) is 11.3 Å². The molecule has 1 atom stereocenters. The number of hydrogen-bond acceptors (Lipinski definition) is 6. The average molecular weight is 437 g/mol. The molecule has 1 fully saturated rings. The summed E-state index contributed by atoms with van der Waals surface area (Å²) in [6.07, 6.45) is 0. The topological polar surface area (TPSA) is 88.7 Å². The molecule has 1 aliphatic rings. The predicted molar refractivity (Wildman–Crippen MR) is 121 cm³/mol. The summed E-state index contributed by atoms with van der Waals surface area (Å²) in [6, 6.07) is 17.4. The second kappa shape index (κ2) is 10.3. The zero-order chi connectivity index (χ0) is 22.3. The molecule has 1 aliphatic heterocycles. The zero-order valence-electron chi connectivity index (χ0n) is 18.3. The summed E-state index contributed by atoms with van der Waals surface area (Å²) in [7, 11) is 3.24. The van der Waals surface area contributed by atoms with Crippen molar-refractivity contribution in [2.45, 2.75) is 6.04 Å². The summed E-state index contributed by atoms with van der Waals surface area (Å²) in [5, 5.41) is 10.2. The highest BCUT2D eigenvalue weighted by molar-refractivity contribution is 5.93. The lowest BCUT2D eigenvalue weighted by Gasteiger charge is -2.35. The zero-order valence-corrected chi connectivity index (χ0v) is 18.3. The molecule has 2 heterocycles. The second-order valence-corrected chi connectivity index (χ2v) is 7.52. The van der Waals surface area contributed by atoms with E-state index in [0.717, 1.165) is 29.9 Å². The van der Waals surface area contributed by atoms with Crippen LogP contribution in [0.2, 0.25) is 0 Å². The number of benzene rings is 2. The SMILES string of the molecule is COc1ccc(C(CNC(=O)c2cc(-c3ccccc3)n[nH]2)N2CCOCC2)cc1OC. The number of carbonyl (C=O) groups excluding carboxylic acids is 1. The van der Waals surface area contributed by atoms with E-state index < -0.39 is 0 Å². The largest absolute Gasteiger partial charge is 0.493 e. The third-order valence-electron chi connectivity index (χ3n) is 5.63. The van der Waals surface area contributed by atoms with Crippen molar-refractivity contribution < 1.29 is 19.0 Å². The van der Waals surface area contributed by atoms with Crippen LogP contribution >= 0.6 is 0 Å². The van der Waals surface area contributed by atoms with Crippen molar-refractivity contribution >= 4 is 5.91 Å². The average Bonchev–Trinajstić information content (AvgIpc) is 3.36. The molecule has 2 N–H and O–H groups in total. The lowest BCUT2D eigenvalue weighted by Crippen LogP contribution is -2.43. The van der Waals surface area contributed by atoms with Gasteiger partial charge in [0.1, 0.15) is 5.69 Å². The van der Waals surface area contributed by atoms with Gasteiger partial charge in [0.2, 0.25) is 0 Å². The summed E-state index contributed by atoms with van der Waals surface area (Å²) in [5.74, 6) is 1.14. The summed E-state index contributed by atoms with van der Waals surface area (Å²) < 4.78 is 16.4. The Kier molecular flexibility index (Phi) is 7.03. The summed E-state index contributed by atoms with van der Waals surface area (Å²) in [4.78, 5) is 15.2. The van der Waals surface area contributed by atoms with Gasteiger partial charge < -0.3 is 19.5 Å². The van der Waals surface area contributed by atoms with Crippen molar-refractivity contribution in [1.82, 2.24) is 20.4 Å². The number of methoxy groups -OCH3 is 2. The molecule has 0 aliphatic carbocycles. The Morgan fingerprint density at radius 2 is 1.84 bits per heavy atom. The summed E-state index contributed by atoms with van der Waals surface area (Å²) in [5.41, 5.74) is 3.16. The monoisotopic (exact) mass is 436 g/mol. The third-order valence-corrected chi connectivity index (χ3v) is 5.63. The molecule has 0 saturated carbocycles. The lowest BCUT2D eigenvalue weighted by molar-refractivity contribution is 0.0161. The van der Waals surface area contributed by atoms with E-state index in [0.29, 0.717) is 37.0 Å². The van der Waals surface area contributed by atoms with Crippen LogP contribution in [0, 0.1) is 0 Å². The first-order valence-electron chi connectivity index (χ1n) is 10.6. The number of aromatic amines is 1. The lowest BCUT2D eigenvalue weighted by atomic mass is 10.0. The van der Waals surface area contributed by atoms with Gasteiger partial charge >= 0.3 is 0 Å². The Balaban J connectivity index is 1.50. The van der Waals surface area contributed by atoms with Crippen molar-refractivity contribution in [3.8, 4) is 22.8 Å². The molecule has 8 heteroatoms. The van der Waals surface area contributed by atoms with Crippen LogP contribution in [0.15, 0.2) is 54.6 Å². The van der Waals surface area contributed by atoms with E-state index in [-0.39, 0.29) is 11.9 Å². The van der Waals surface area contributed by atoms with Crippen LogP contribution in [0.1, 0.15) is 22.1 Å². The van der Waals surface area contributed by atoms with Gasteiger partial charge in [-0.3, -0.25) is 14.8 Å². The van der Waals surface area contributed by atoms with Crippen LogP contribution in [0.4, 0.5) is 0 Å². The highest BCUT2D eigenvalue weighted by atomic mass is 16.5. The van der Waals surface area contributed by atoms with Gasteiger partial charge in [-0.15, -0.1) is 0 Å². The van der Waals surface area contributed by atoms with Gasteiger partial charge in [-0.1, -0.05) is 36.4 Å². The van der Waals surface area contributed by atoms with Gasteiger partial charge in [-0.2, -0.15) is 5.10 Å². The number of nitrogens with one attached hydrogen (secondary N) is 2. The fourth-order valence-corrected chi connectivity index (χ4v) is 3.89. The molecule has 4 rings (SSSR count). The van der Waals surface area contributed by atoms with Gasteiger partial charge in [0.25, 0.3) is 5.91 Å². The number of H-pyrrole nitrogens is 1. The molecule has 32 heavy (non-hydrogen) atoms. The smallest absolute Gasteiger partial charge is 0.269 e. The normalized spacial score (nSPS) is 15.2. The number of amides is 1.